The minimum atomic E-state index is -4.28. The van der Waals surface area contributed by atoms with Crippen LogP contribution in [-0.2, 0) is 6.18 Å². The van der Waals surface area contributed by atoms with Gasteiger partial charge in [-0.2, -0.15) is 13.2 Å². The highest BCUT2D eigenvalue weighted by Gasteiger charge is 2.37. The molecule has 0 radical (unpaired) electrons. The number of anilines is 1. The molecule has 0 spiro atoms. The predicted octanol–water partition coefficient (Wildman–Crippen LogP) is 3.66. The zero-order chi connectivity index (χ0) is 14.3. The fourth-order valence-corrected chi connectivity index (χ4v) is 3.40. The molecule has 2 unspecified atom stereocenters. The van der Waals surface area contributed by atoms with E-state index >= 15 is 0 Å². The molecule has 2 saturated heterocycles. The molecule has 0 amide bonds. The molecule has 1 N–H and O–H groups in total. The Hall–Kier alpha value is -1.23. The summed E-state index contributed by atoms with van der Waals surface area (Å²) >= 11 is 0. The summed E-state index contributed by atoms with van der Waals surface area (Å²) in [5.41, 5.74) is 0.917. The maximum Gasteiger partial charge on any atom is 0.416 e. The number of halogens is 3. The number of aryl methyl sites for hydroxylation is 1. The van der Waals surface area contributed by atoms with Gasteiger partial charge in [0.05, 0.1) is 5.56 Å². The number of hydrogen-bond donors (Lipinski definition) is 1. The van der Waals surface area contributed by atoms with E-state index in [4.69, 9.17) is 0 Å². The van der Waals surface area contributed by atoms with Crippen LogP contribution in [0.5, 0.6) is 0 Å². The molecule has 110 valence electrons. The Morgan fingerprint density at radius 3 is 2.75 bits per heavy atom. The molecular weight excluding hydrogens is 265 g/mol. The summed E-state index contributed by atoms with van der Waals surface area (Å²) in [4.78, 5) is 2.45. The number of benzene rings is 1. The van der Waals surface area contributed by atoms with Crippen LogP contribution in [0, 0.1) is 6.92 Å². The average Bonchev–Trinajstić information content (AvgIpc) is 2.95. The van der Waals surface area contributed by atoms with E-state index in [0.29, 0.717) is 11.7 Å². The highest BCUT2D eigenvalue weighted by molar-refractivity contribution is 5.54. The molecule has 5 heteroatoms. The standard InChI is InChI=1S/C15H19F3N2/c1-10-4-5-11(15(16,17)18)9-13(10)19-12-6-8-20-7-2-3-14(12)20/h4-5,9,12,14,19H,2-3,6-8H2,1H3. The van der Waals surface area contributed by atoms with E-state index in [2.05, 4.69) is 10.2 Å². The molecule has 0 aliphatic carbocycles. The van der Waals surface area contributed by atoms with E-state index in [-0.39, 0.29) is 6.04 Å². The summed E-state index contributed by atoms with van der Waals surface area (Å²) in [5, 5.41) is 3.35. The molecule has 2 atom stereocenters. The Kier molecular flexibility index (Phi) is 3.40. The summed E-state index contributed by atoms with van der Waals surface area (Å²) in [5.74, 6) is 0. The number of alkyl halides is 3. The number of nitrogens with one attached hydrogen (secondary N) is 1. The van der Waals surface area contributed by atoms with E-state index in [1.54, 1.807) is 6.07 Å². The topological polar surface area (TPSA) is 15.3 Å². The van der Waals surface area contributed by atoms with Gasteiger partial charge in [-0.15, -0.1) is 0 Å². The van der Waals surface area contributed by atoms with Gasteiger partial charge in [-0.1, -0.05) is 6.07 Å². The Labute approximate surface area is 117 Å². The number of hydrogen-bond acceptors (Lipinski definition) is 2. The Morgan fingerprint density at radius 2 is 2.00 bits per heavy atom. The predicted molar refractivity (Wildman–Crippen MR) is 72.8 cm³/mol. The van der Waals surface area contributed by atoms with Crippen molar-refractivity contribution in [2.75, 3.05) is 18.4 Å². The van der Waals surface area contributed by atoms with Gasteiger partial charge in [0.2, 0.25) is 0 Å². The molecule has 2 aliphatic heterocycles. The van der Waals surface area contributed by atoms with Crippen molar-refractivity contribution in [3.8, 4) is 0 Å². The third-order valence-corrected chi connectivity index (χ3v) is 4.51. The third-order valence-electron chi connectivity index (χ3n) is 4.51. The SMILES string of the molecule is Cc1ccc(C(F)(F)F)cc1NC1CCN2CCCC12. The molecule has 1 aromatic rings. The van der Waals surface area contributed by atoms with Crippen LogP contribution in [0.15, 0.2) is 18.2 Å². The van der Waals surface area contributed by atoms with Crippen molar-refractivity contribution >= 4 is 5.69 Å². The van der Waals surface area contributed by atoms with Crippen molar-refractivity contribution in [1.29, 1.82) is 0 Å². The van der Waals surface area contributed by atoms with Crippen LogP contribution in [0.3, 0.4) is 0 Å². The van der Waals surface area contributed by atoms with Crippen LogP contribution in [-0.4, -0.2) is 30.1 Å². The molecule has 1 aromatic carbocycles. The molecule has 0 bridgehead atoms. The van der Waals surface area contributed by atoms with Gasteiger partial charge in [0.15, 0.2) is 0 Å². The second kappa shape index (κ2) is 4.95. The van der Waals surface area contributed by atoms with Gasteiger partial charge < -0.3 is 5.32 Å². The smallest absolute Gasteiger partial charge is 0.380 e. The fraction of sp³-hybridized carbons (Fsp3) is 0.600. The van der Waals surface area contributed by atoms with E-state index in [1.165, 1.54) is 12.5 Å². The van der Waals surface area contributed by atoms with Gasteiger partial charge >= 0.3 is 6.18 Å². The molecule has 0 aromatic heterocycles. The Morgan fingerprint density at radius 1 is 1.20 bits per heavy atom. The van der Waals surface area contributed by atoms with Gasteiger partial charge in [0.1, 0.15) is 0 Å². The normalized spacial score (nSPS) is 26.8. The van der Waals surface area contributed by atoms with Crippen molar-refractivity contribution in [3.63, 3.8) is 0 Å². The number of fused-ring (bicyclic) bond motifs is 1. The van der Waals surface area contributed by atoms with Crippen LogP contribution < -0.4 is 5.32 Å². The lowest BCUT2D eigenvalue weighted by Crippen LogP contribution is -2.34. The van der Waals surface area contributed by atoms with Crippen molar-refractivity contribution < 1.29 is 13.2 Å². The second-order valence-electron chi connectivity index (χ2n) is 5.81. The quantitative estimate of drug-likeness (QED) is 0.891. The van der Waals surface area contributed by atoms with Crippen molar-refractivity contribution in [2.45, 2.75) is 44.4 Å². The first-order valence-electron chi connectivity index (χ1n) is 7.13. The molecule has 2 heterocycles. The molecule has 0 saturated carbocycles. The first-order valence-corrected chi connectivity index (χ1v) is 7.13. The second-order valence-corrected chi connectivity index (χ2v) is 5.81. The maximum atomic E-state index is 12.8. The maximum absolute atomic E-state index is 12.8. The van der Waals surface area contributed by atoms with Crippen molar-refractivity contribution in [2.24, 2.45) is 0 Å². The summed E-state index contributed by atoms with van der Waals surface area (Å²) < 4.78 is 38.4. The molecule has 20 heavy (non-hydrogen) atoms. The minimum absolute atomic E-state index is 0.277. The largest absolute Gasteiger partial charge is 0.416 e. The molecule has 3 rings (SSSR count). The van der Waals surface area contributed by atoms with Crippen molar-refractivity contribution in [1.82, 2.24) is 4.90 Å². The summed E-state index contributed by atoms with van der Waals surface area (Å²) in [6.45, 7) is 4.04. The van der Waals surface area contributed by atoms with Gasteiger partial charge in [0, 0.05) is 24.3 Å². The van der Waals surface area contributed by atoms with E-state index in [9.17, 15) is 13.2 Å². The zero-order valence-corrected chi connectivity index (χ0v) is 11.5. The summed E-state index contributed by atoms with van der Waals surface area (Å²) in [6.07, 6.45) is -0.917. The van der Waals surface area contributed by atoms with Crippen LogP contribution in [0.25, 0.3) is 0 Å². The van der Waals surface area contributed by atoms with Crippen LogP contribution in [0.4, 0.5) is 18.9 Å². The number of rotatable bonds is 2. The van der Waals surface area contributed by atoms with Crippen LogP contribution in [0.1, 0.15) is 30.4 Å². The van der Waals surface area contributed by atoms with Gasteiger partial charge in [-0.25, -0.2) is 0 Å². The summed E-state index contributed by atoms with van der Waals surface area (Å²) in [6, 6.07) is 4.71. The highest BCUT2D eigenvalue weighted by atomic mass is 19.4. The van der Waals surface area contributed by atoms with E-state index in [0.717, 1.165) is 37.6 Å². The zero-order valence-electron chi connectivity index (χ0n) is 11.5. The summed E-state index contributed by atoms with van der Waals surface area (Å²) in [7, 11) is 0. The lowest BCUT2D eigenvalue weighted by atomic mass is 10.0. The highest BCUT2D eigenvalue weighted by Crippen LogP contribution is 2.34. The van der Waals surface area contributed by atoms with Crippen molar-refractivity contribution in [3.05, 3.63) is 29.3 Å². The third kappa shape index (κ3) is 2.51. The Balaban J connectivity index is 1.80. The van der Waals surface area contributed by atoms with E-state index < -0.39 is 11.7 Å². The van der Waals surface area contributed by atoms with Crippen LogP contribution >= 0.6 is 0 Å². The first-order chi connectivity index (χ1) is 9.45. The van der Waals surface area contributed by atoms with Crippen LogP contribution in [0.2, 0.25) is 0 Å². The van der Waals surface area contributed by atoms with Gasteiger partial charge in [0.25, 0.3) is 0 Å². The lowest BCUT2D eigenvalue weighted by Gasteiger charge is -2.23. The molecule has 2 nitrogen and oxygen atoms in total. The van der Waals surface area contributed by atoms with E-state index in [1.807, 2.05) is 6.92 Å². The lowest BCUT2D eigenvalue weighted by molar-refractivity contribution is -0.137. The van der Waals surface area contributed by atoms with Gasteiger partial charge in [-0.05, 0) is 50.4 Å². The monoisotopic (exact) mass is 284 g/mol. The minimum Gasteiger partial charge on any atom is -0.380 e. The fourth-order valence-electron chi connectivity index (χ4n) is 3.40. The molecule has 2 aliphatic rings. The first kappa shape index (κ1) is 13.7. The average molecular weight is 284 g/mol. The molecular formula is C15H19F3N2. The Bertz CT molecular complexity index is 498. The number of nitrogens with zero attached hydrogens (tertiary/aromatic N) is 1. The van der Waals surface area contributed by atoms with Gasteiger partial charge in [-0.3, -0.25) is 4.90 Å². The molecule has 2 fully saturated rings.